The molecule has 2 aromatic carbocycles. The Hall–Kier alpha value is -2.59. The van der Waals surface area contributed by atoms with Crippen LogP contribution in [0.4, 0.5) is 0 Å². The second-order valence-electron chi connectivity index (χ2n) is 7.97. The Morgan fingerprint density at radius 2 is 2.03 bits per heavy atom. The lowest BCUT2D eigenvalue weighted by molar-refractivity contribution is 0.0954. The van der Waals surface area contributed by atoms with Crippen molar-refractivity contribution < 1.29 is 17.9 Å². The molecule has 174 valence electrons. The number of nitrogens with one attached hydrogen (secondary N) is 2. The molecule has 0 radical (unpaired) electrons. The van der Waals surface area contributed by atoms with Crippen molar-refractivity contribution in [2.24, 2.45) is 0 Å². The Labute approximate surface area is 198 Å². The summed E-state index contributed by atoms with van der Waals surface area (Å²) in [5.74, 6) is -0.305. The molecule has 0 saturated carbocycles. The monoisotopic (exact) mass is 485 g/mol. The minimum atomic E-state index is -3.71. The first-order valence-corrected chi connectivity index (χ1v) is 13.3. The van der Waals surface area contributed by atoms with Gasteiger partial charge < -0.3 is 10.1 Å². The van der Waals surface area contributed by atoms with E-state index < -0.39 is 10.0 Å². The zero-order valence-electron chi connectivity index (χ0n) is 18.4. The molecule has 2 heterocycles. The van der Waals surface area contributed by atoms with Gasteiger partial charge in [0, 0.05) is 36.2 Å². The lowest BCUT2D eigenvalue weighted by Gasteiger charge is -2.12. The Bertz CT molecular complexity index is 1200. The van der Waals surface area contributed by atoms with Crippen molar-refractivity contribution in [2.45, 2.75) is 37.2 Å². The first-order valence-electron chi connectivity index (χ1n) is 10.9. The molecular weight excluding hydrogens is 458 g/mol. The molecule has 7 nitrogen and oxygen atoms in total. The highest BCUT2D eigenvalue weighted by Gasteiger charge is 2.21. The van der Waals surface area contributed by atoms with E-state index in [1.165, 1.54) is 12.1 Å². The van der Waals surface area contributed by atoms with E-state index in [0.29, 0.717) is 25.1 Å². The van der Waals surface area contributed by atoms with Crippen LogP contribution in [0.2, 0.25) is 0 Å². The van der Waals surface area contributed by atoms with E-state index in [-0.39, 0.29) is 23.5 Å². The van der Waals surface area contributed by atoms with E-state index in [4.69, 9.17) is 4.74 Å². The van der Waals surface area contributed by atoms with Gasteiger partial charge in [0.15, 0.2) is 0 Å². The third kappa shape index (κ3) is 6.26. The minimum absolute atomic E-state index is 0.0704. The van der Waals surface area contributed by atoms with Crippen LogP contribution in [0.3, 0.4) is 0 Å². The van der Waals surface area contributed by atoms with Crippen LogP contribution in [0.25, 0.3) is 11.3 Å². The number of amides is 1. The summed E-state index contributed by atoms with van der Waals surface area (Å²) in [6, 6.07) is 14.2. The molecule has 1 aliphatic rings. The maximum Gasteiger partial charge on any atom is 0.251 e. The Kier molecular flexibility index (Phi) is 7.54. The molecule has 1 atom stereocenters. The Balaban J connectivity index is 1.30. The molecular formula is C24H27N3O4S2. The predicted octanol–water partition coefficient (Wildman–Crippen LogP) is 3.55. The zero-order valence-corrected chi connectivity index (χ0v) is 20.0. The molecule has 1 aromatic heterocycles. The number of aryl methyl sites for hydroxylation is 1. The van der Waals surface area contributed by atoms with Crippen molar-refractivity contribution in [2.75, 3.05) is 19.7 Å². The topological polar surface area (TPSA) is 97.4 Å². The standard InChI is InChI=1S/C24H27N3O4S2/c1-17-27-23(16-32-17)19-9-7-18(8-10-19)11-12-25-24(28)20-4-2-6-22(14-20)33(29,30)26-15-21-5-3-13-31-21/h2,4,6-10,14,16,21,26H,3,5,11-13,15H2,1H3,(H,25,28). The molecule has 33 heavy (non-hydrogen) atoms. The fraction of sp³-hybridized carbons (Fsp3) is 0.333. The smallest absolute Gasteiger partial charge is 0.251 e. The van der Waals surface area contributed by atoms with Crippen LogP contribution in [0.1, 0.15) is 33.8 Å². The summed E-state index contributed by atoms with van der Waals surface area (Å²) in [5, 5.41) is 5.94. The van der Waals surface area contributed by atoms with Crippen LogP contribution in [-0.4, -0.2) is 45.1 Å². The quantitative estimate of drug-likeness (QED) is 0.483. The van der Waals surface area contributed by atoms with Gasteiger partial charge in [-0.05, 0) is 49.9 Å². The zero-order chi connectivity index (χ0) is 23.3. The first kappa shape index (κ1) is 23.6. The van der Waals surface area contributed by atoms with Crippen molar-refractivity contribution in [3.63, 3.8) is 0 Å². The van der Waals surface area contributed by atoms with Crippen LogP contribution in [0, 0.1) is 6.92 Å². The number of benzene rings is 2. The van der Waals surface area contributed by atoms with Crippen LogP contribution in [-0.2, 0) is 21.2 Å². The predicted molar refractivity (Wildman–Crippen MR) is 129 cm³/mol. The van der Waals surface area contributed by atoms with Crippen molar-refractivity contribution >= 4 is 27.3 Å². The third-order valence-corrected chi connectivity index (χ3v) is 7.69. The van der Waals surface area contributed by atoms with Gasteiger partial charge in [0.25, 0.3) is 5.91 Å². The van der Waals surface area contributed by atoms with Gasteiger partial charge in [0.05, 0.1) is 21.7 Å². The number of rotatable bonds is 9. The van der Waals surface area contributed by atoms with Gasteiger partial charge >= 0.3 is 0 Å². The molecule has 0 bridgehead atoms. The lowest BCUT2D eigenvalue weighted by atomic mass is 10.1. The third-order valence-electron chi connectivity index (χ3n) is 5.50. The van der Waals surface area contributed by atoms with E-state index in [2.05, 4.69) is 15.0 Å². The average Bonchev–Trinajstić information content (AvgIpc) is 3.50. The van der Waals surface area contributed by atoms with E-state index in [9.17, 15) is 13.2 Å². The Morgan fingerprint density at radius 1 is 1.21 bits per heavy atom. The van der Waals surface area contributed by atoms with E-state index >= 15 is 0 Å². The number of sulfonamides is 1. The molecule has 1 saturated heterocycles. The number of nitrogens with zero attached hydrogens (tertiary/aromatic N) is 1. The highest BCUT2D eigenvalue weighted by Crippen LogP contribution is 2.22. The molecule has 1 fully saturated rings. The van der Waals surface area contributed by atoms with Crippen molar-refractivity contribution in [1.29, 1.82) is 0 Å². The lowest BCUT2D eigenvalue weighted by Crippen LogP contribution is -2.32. The van der Waals surface area contributed by atoms with Crippen molar-refractivity contribution in [1.82, 2.24) is 15.0 Å². The SMILES string of the molecule is Cc1nc(-c2ccc(CCNC(=O)c3cccc(S(=O)(=O)NCC4CCCO4)c3)cc2)cs1. The number of hydrogen-bond donors (Lipinski definition) is 2. The molecule has 1 amide bonds. The molecule has 4 rings (SSSR count). The second kappa shape index (κ2) is 10.6. The maximum atomic E-state index is 12.6. The summed E-state index contributed by atoms with van der Waals surface area (Å²) in [7, 11) is -3.71. The van der Waals surface area contributed by atoms with Crippen molar-refractivity contribution in [3.8, 4) is 11.3 Å². The van der Waals surface area contributed by atoms with E-state index in [1.54, 1.807) is 23.5 Å². The number of carbonyl (C=O) groups excluding carboxylic acids is 1. The summed E-state index contributed by atoms with van der Waals surface area (Å²) in [6.45, 7) is 3.33. The highest BCUT2D eigenvalue weighted by molar-refractivity contribution is 7.89. The fourth-order valence-corrected chi connectivity index (χ4v) is 5.39. The van der Waals surface area contributed by atoms with Crippen LogP contribution < -0.4 is 10.0 Å². The number of thiazole rings is 1. The molecule has 2 N–H and O–H groups in total. The van der Waals surface area contributed by atoms with Gasteiger partial charge in [0.1, 0.15) is 0 Å². The number of hydrogen-bond acceptors (Lipinski definition) is 6. The van der Waals surface area contributed by atoms with Gasteiger partial charge in [-0.2, -0.15) is 0 Å². The van der Waals surface area contributed by atoms with Crippen LogP contribution in [0.15, 0.2) is 58.8 Å². The van der Waals surface area contributed by atoms with Gasteiger partial charge in [0.2, 0.25) is 10.0 Å². The van der Waals surface area contributed by atoms with Crippen LogP contribution in [0.5, 0.6) is 0 Å². The summed E-state index contributed by atoms with van der Waals surface area (Å²) in [6.07, 6.45) is 2.37. The van der Waals surface area contributed by atoms with E-state index in [0.717, 1.165) is 34.7 Å². The summed E-state index contributed by atoms with van der Waals surface area (Å²) in [5.41, 5.74) is 3.45. The molecule has 0 aliphatic carbocycles. The first-order chi connectivity index (χ1) is 15.9. The summed E-state index contributed by atoms with van der Waals surface area (Å²) in [4.78, 5) is 17.1. The number of carbonyl (C=O) groups is 1. The largest absolute Gasteiger partial charge is 0.377 e. The number of ether oxygens (including phenoxy) is 1. The van der Waals surface area contributed by atoms with Gasteiger partial charge in [-0.1, -0.05) is 30.3 Å². The summed E-state index contributed by atoms with van der Waals surface area (Å²) < 4.78 is 33.2. The summed E-state index contributed by atoms with van der Waals surface area (Å²) >= 11 is 1.62. The van der Waals surface area contributed by atoms with E-state index in [1.807, 2.05) is 36.6 Å². The Morgan fingerprint density at radius 3 is 2.73 bits per heavy atom. The fourth-order valence-electron chi connectivity index (χ4n) is 3.66. The maximum absolute atomic E-state index is 12.6. The van der Waals surface area contributed by atoms with Crippen LogP contribution >= 0.6 is 11.3 Å². The molecule has 3 aromatic rings. The molecule has 0 spiro atoms. The van der Waals surface area contributed by atoms with Gasteiger partial charge in [-0.25, -0.2) is 18.1 Å². The molecule has 1 aliphatic heterocycles. The number of aromatic nitrogens is 1. The minimum Gasteiger partial charge on any atom is -0.377 e. The average molecular weight is 486 g/mol. The second-order valence-corrected chi connectivity index (χ2v) is 10.8. The highest BCUT2D eigenvalue weighted by atomic mass is 32.2. The van der Waals surface area contributed by atoms with Gasteiger partial charge in [-0.3, -0.25) is 4.79 Å². The van der Waals surface area contributed by atoms with Crippen molar-refractivity contribution in [3.05, 3.63) is 70.0 Å². The van der Waals surface area contributed by atoms with Gasteiger partial charge in [-0.15, -0.1) is 11.3 Å². The molecule has 9 heteroatoms. The molecule has 1 unspecified atom stereocenters. The normalized spacial score (nSPS) is 16.1.